The van der Waals surface area contributed by atoms with E-state index in [0.717, 1.165) is 11.8 Å². The summed E-state index contributed by atoms with van der Waals surface area (Å²) >= 11 is 0. The van der Waals surface area contributed by atoms with E-state index in [4.69, 9.17) is 0 Å². The van der Waals surface area contributed by atoms with E-state index < -0.39 is 23.9 Å². The van der Waals surface area contributed by atoms with Gasteiger partial charge in [0.15, 0.2) is 0 Å². The monoisotopic (exact) mass is 339 g/mol. The largest absolute Gasteiger partial charge is 0.416 e. The number of rotatable bonds is 4. The first kappa shape index (κ1) is 17.0. The third-order valence-electron chi connectivity index (χ3n) is 4.48. The zero-order valence-electron chi connectivity index (χ0n) is 13.4. The van der Waals surface area contributed by atoms with Gasteiger partial charge in [0, 0.05) is 31.9 Å². The molecule has 0 aliphatic carbocycles. The Morgan fingerprint density at radius 1 is 1.25 bits per heavy atom. The zero-order chi connectivity index (χ0) is 17.3. The van der Waals surface area contributed by atoms with Gasteiger partial charge in [0.25, 0.3) is 0 Å². The second-order valence-corrected chi connectivity index (χ2v) is 6.06. The van der Waals surface area contributed by atoms with Crippen LogP contribution in [0.2, 0.25) is 0 Å². The summed E-state index contributed by atoms with van der Waals surface area (Å²) in [6, 6.07) is 7.03. The van der Waals surface area contributed by atoms with Gasteiger partial charge in [-0.2, -0.15) is 18.3 Å². The normalized spacial score (nSPS) is 22.2. The van der Waals surface area contributed by atoms with Crippen LogP contribution in [-0.4, -0.2) is 32.4 Å². The molecule has 1 N–H and O–H groups in total. The van der Waals surface area contributed by atoms with Crippen molar-refractivity contribution < 1.29 is 18.3 Å². The number of alkyl halides is 3. The van der Waals surface area contributed by atoms with Gasteiger partial charge in [0.1, 0.15) is 0 Å². The Morgan fingerprint density at radius 3 is 2.71 bits per heavy atom. The number of aliphatic hydroxyl groups excluding tert-OH is 1. The van der Waals surface area contributed by atoms with Gasteiger partial charge in [-0.15, -0.1) is 0 Å². The molecule has 2 unspecified atom stereocenters. The first-order valence-electron chi connectivity index (χ1n) is 7.99. The smallest absolute Gasteiger partial charge is 0.392 e. The molecule has 1 aromatic carbocycles. The highest BCUT2D eigenvalue weighted by molar-refractivity contribution is 5.33. The number of halogens is 3. The lowest BCUT2D eigenvalue weighted by Gasteiger charge is -2.27. The molecule has 7 heteroatoms. The Balaban J connectivity index is 1.92. The van der Waals surface area contributed by atoms with Crippen LogP contribution in [0.15, 0.2) is 36.5 Å². The first-order chi connectivity index (χ1) is 11.4. The van der Waals surface area contributed by atoms with Crippen LogP contribution in [0.4, 0.5) is 13.2 Å². The second-order valence-electron chi connectivity index (χ2n) is 6.06. The van der Waals surface area contributed by atoms with Crippen LogP contribution in [0.1, 0.15) is 36.2 Å². The molecular formula is C17H20F3N3O. The van der Waals surface area contributed by atoms with Crippen molar-refractivity contribution in [1.29, 1.82) is 0 Å². The van der Waals surface area contributed by atoms with E-state index in [1.165, 1.54) is 12.1 Å². The Bertz CT molecular complexity index is 698. The summed E-state index contributed by atoms with van der Waals surface area (Å²) in [7, 11) is 0. The highest BCUT2D eigenvalue weighted by Crippen LogP contribution is 2.40. The van der Waals surface area contributed by atoms with E-state index >= 15 is 0 Å². The minimum absolute atomic E-state index is 0.226. The van der Waals surface area contributed by atoms with Crippen LogP contribution in [0.3, 0.4) is 0 Å². The van der Waals surface area contributed by atoms with Gasteiger partial charge in [-0.1, -0.05) is 18.2 Å². The standard InChI is InChI=1S/C17H20F3N3O/c1-2-23-12(7-8-21-23)10-22-11-13(24)9-16(22)14-5-3-4-6-15(14)17(18,19)20/h3-8,13,16,24H,2,9-11H2,1H3. The summed E-state index contributed by atoms with van der Waals surface area (Å²) in [6.07, 6.45) is -3.05. The minimum Gasteiger partial charge on any atom is -0.392 e. The fourth-order valence-corrected chi connectivity index (χ4v) is 3.41. The Kier molecular flexibility index (Phi) is 4.64. The van der Waals surface area contributed by atoms with Gasteiger partial charge in [-0.05, 0) is 31.0 Å². The molecule has 0 saturated carbocycles. The van der Waals surface area contributed by atoms with Crippen LogP contribution < -0.4 is 0 Å². The van der Waals surface area contributed by atoms with Gasteiger partial charge in [-0.25, -0.2) is 0 Å². The maximum absolute atomic E-state index is 13.3. The number of likely N-dealkylation sites (tertiary alicyclic amines) is 1. The predicted molar refractivity (Wildman–Crippen MR) is 83.1 cm³/mol. The van der Waals surface area contributed by atoms with Crippen molar-refractivity contribution in [3.63, 3.8) is 0 Å². The second kappa shape index (κ2) is 6.57. The van der Waals surface area contributed by atoms with Crippen molar-refractivity contribution in [3.05, 3.63) is 53.3 Å². The molecule has 130 valence electrons. The molecule has 1 saturated heterocycles. The molecule has 2 heterocycles. The van der Waals surface area contributed by atoms with E-state index in [-0.39, 0.29) is 5.56 Å². The molecule has 24 heavy (non-hydrogen) atoms. The minimum atomic E-state index is -4.40. The first-order valence-corrected chi connectivity index (χ1v) is 7.99. The van der Waals surface area contributed by atoms with Gasteiger partial charge >= 0.3 is 6.18 Å². The topological polar surface area (TPSA) is 41.3 Å². The summed E-state index contributed by atoms with van der Waals surface area (Å²) in [5.41, 5.74) is 0.531. The summed E-state index contributed by atoms with van der Waals surface area (Å²) in [4.78, 5) is 1.90. The molecule has 1 fully saturated rings. The third-order valence-corrected chi connectivity index (χ3v) is 4.48. The van der Waals surface area contributed by atoms with Gasteiger partial charge in [-0.3, -0.25) is 9.58 Å². The molecule has 1 aliphatic rings. The van der Waals surface area contributed by atoms with Gasteiger partial charge in [0.05, 0.1) is 17.4 Å². The van der Waals surface area contributed by atoms with Crippen molar-refractivity contribution in [3.8, 4) is 0 Å². The van der Waals surface area contributed by atoms with Crippen LogP contribution in [0.25, 0.3) is 0 Å². The average Bonchev–Trinajstić information content (AvgIpc) is 3.13. The molecule has 3 rings (SSSR count). The van der Waals surface area contributed by atoms with Crippen LogP contribution in [0, 0.1) is 0 Å². The maximum Gasteiger partial charge on any atom is 0.416 e. The van der Waals surface area contributed by atoms with Crippen molar-refractivity contribution in [1.82, 2.24) is 14.7 Å². The summed E-state index contributed by atoms with van der Waals surface area (Å²) in [6.45, 7) is 3.47. The Hall–Kier alpha value is -1.86. The fourth-order valence-electron chi connectivity index (χ4n) is 3.41. The SMILES string of the molecule is CCn1nccc1CN1CC(O)CC1c1ccccc1C(F)(F)F. The average molecular weight is 339 g/mol. The molecule has 2 atom stereocenters. The lowest BCUT2D eigenvalue weighted by Crippen LogP contribution is -2.27. The lowest BCUT2D eigenvalue weighted by molar-refractivity contribution is -0.138. The van der Waals surface area contributed by atoms with Crippen molar-refractivity contribution in [2.24, 2.45) is 0 Å². The highest BCUT2D eigenvalue weighted by atomic mass is 19.4. The van der Waals surface area contributed by atoms with Crippen molar-refractivity contribution in [2.45, 2.75) is 44.8 Å². The quantitative estimate of drug-likeness (QED) is 0.930. The van der Waals surface area contributed by atoms with Crippen LogP contribution >= 0.6 is 0 Å². The third kappa shape index (κ3) is 3.32. The number of hydrogen-bond acceptors (Lipinski definition) is 3. The zero-order valence-corrected chi connectivity index (χ0v) is 13.4. The maximum atomic E-state index is 13.3. The van der Waals surface area contributed by atoms with Crippen molar-refractivity contribution in [2.75, 3.05) is 6.54 Å². The molecule has 0 bridgehead atoms. The summed E-state index contributed by atoms with van der Waals surface area (Å²) in [5.74, 6) is 0. The van der Waals surface area contributed by atoms with E-state index in [1.54, 1.807) is 12.3 Å². The number of aryl methyl sites for hydroxylation is 1. The molecule has 0 amide bonds. The van der Waals surface area contributed by atoms with E-state index in [1.807, 2.05) is 22.6 Å². The van der Waals surface area contributed by atoms with Crippen LogP contribution in [-0.2, 0) is 19.3 Å². The van der Waals surface area contributed by atoms with Crippen LogP contribution in [0.5, 0.6) is 0 Å². The Labute approximate surface area is 138 Å². The molecule has 1 aromatic heterocycles. The van der Waals surface area contributed by atoms with E-state index in [0.29, 0.717) is 26.1 Å². The number of aromatic nitrogens is 2. The predicted octanol–water partition coefficient (Wildman–Crippen LogP) is 3.23. The molecular weight excluding hydrogens is 319 g/mol. The van der Waals surface area contributed by atoms with Gasteiger partial charge < -0.3 is 5.11 Å². The van der Waals surface area contributed by atoms with Gasteiger partial charge in [0.2, 0.25) is 0 Å². The fraction of sp³-hybridized carbons (Fsp3) is 0.471. The van der Waals surface area contributed by atoms with E-state index in [9.17, 15) is 18.3 Å². The molecule has 1 aliphatic heterocycles. The van der Waals surface area contributed by atoms with Crippen molar-refractivity contribution >= 4 is 0 Å². The lowest BCUT2D eigenvalue weighted by atomic mass is 9.97. The van der Waals surface area contributed by atoms with E-state index in [2.05, 4.69) is 5.10 Å². The molecule has 4 nitrogen and oxygen atoms in total. The molecule has 0 spiro atoms. The number of benzene rings is 1. The summed E-state index contributed by atoms with van der Waals surface area (Å²) in [5, 5.41) is 14.2. The summed E-state index contributed by atoms with van der Waals surface area (Å²) < 4.78 is 41.8. The molecule has 2 aromatic rings. The number of aliphatic hydroxyl groups is 1. The Morgan fingerprint density at radius 2 is 2.00 bits per heavy atom. The number of nitrogens with zero attached hydrogens (tertiary/aromatic N) is 3. The highest BCUT2D eigenvalue weighted by Gasteiger charge is 2.39. The number of hydrogen-bond donors (Lipinski definition) is 1. The number of β-amino-alcohol motifs (C(OH)–C–C–N with tert-alkyl or cyclic N) is 1. The molecule has 0 radical (unpaired) electrons.